The maximum atomic E-state index is 12.8. The van der Waals surface area contributed by atoms with Crippen LogP contribution in [0.3, 0.4) is 0 Å². The molecule has 0 N–H and O–H groups in total. The van der Waals surface area contributed by atoms with Crippen molar-refractivity contribution < 1.29 is 14.4 Å². The van der Waals surface area contributed by atoms with E-state index in [4.69, 9.17) is 9.57 Å². The van der Waals surface area contributed by atoms with E-state index in [2.05, 4.69) is 18.7 Å². The summed E-state index contributed by atoms with van der Waals surface area (Å²) < 4.78 is 5.96. The van der Waals surface area contributed by atoms with Crippen LogP contribution in [0.5, 0.6) is 0 Å². The first-order valence-electron chi connectivity index (χ1n) is 8.83. The third kappa shape index (κ3) is 3.00. The first-order chi connectivity index (χ1) is 12.8. The largest absolute Gasteiger partial charge is 0.374 e. The monoisotopic (exact) mass is 350 g/mol. The van der Waals surface area contributed by atoms with Gasteiger partial charge in [-0.1, -0.05) is 60.7 Å². The van der Waals surface area contributed by atoms with Crippen LogP contribution in [0.1, 0.15) is 28.8 Å². The second-order valence-corrected chi connectivity index (χ2v) is 6.51. The van der Waals surface area contributed by atoms with E-state index in [1.54, 1.807) is 6.08 Å². The normalized spacial score (nSPS) is 21.0. The lowest BCUT2D eigenvalue weighted by Crippen LogP contribution is -2.36. The van der Waals surface area contributed by atoms with Crippen molar-refractivity contribution in [2.75, 3.05) is 19.8 Å². The van der Waals surface area contributed by atoms with Gasteiger partial charge in [-0.05, 0) is 16.7 Å². The van der Waals surface area contributed by atoms with Crippen molar-refractivity contribution in [3.05, 3.63) is 83.9 Å². The summed E-state index contributed by atoms with van der Waals surface area (Å²) >= 11 is 0. The predicted octanol–water partition coefficient (Wildman–Crippen LogP) is 3.85. The van der Waals surface area contributed by atoms with Crippen molar-refractivity contribution >= 4 is 6.03 Å². The van der Waals surface area contributed by atoms with Crippen molar-refractivity contribution in [2.45, 2.75) is 18.7 Å². The molecule has 2 atom stereocenters. The summed E-state index contributed by atoms with van der Waals surface area (Å²) in [6.45, 7) is 5.58. The number of carbonyl (C=O) groups excluding carboxylic acids is 1. The van der Waals surface area contributed by atoms with E-state index < -0.39 is 0 Å². The van der Waals surface area contributed by atoms with Crippen LogP contribution >= 0.6 is 0 Å². The summed E-state index contributed by atoms with van der Waals surface area (Å²) in [5.74, 6) is 0. The molecule has 0 spiro atoms. The van der Waals surface area contributed by atoms with Gasteiger partial charge in [0.05, 0.1) is 32.4 Å². The van der Waals surface area contributed by atoms with Gasteiger partial charge in [0.2, 0.25) is 0 Å². The first kappa shape index (κ1) is 16.8. The molecule has 26 heavy (non-hydrogen) atoms. The van der Waals surface area contributed by atoms with E-state index >= 15 is 0 Å². The van der Waals surface area contributed by atoms with E-state index in [1.807, 2.05) is 47.4 Å². The molecule has 2 unspecified atom stereocenters. The fraction of sp³-hybridized carbons (Fsp3) is 0.286. The SMILES string of the molecule is C=CCON1C(=O)N2CC1c1ccccc1C2COCc1ccccc1. The molecule has 5 nitrogen and oxygen atoms in total. The molecule has 0 aromatic heterocycles. The van der Waals surface area contributed by atoms with Gasteiger partial charge in [0.1, 0.15) is 6.04 Å². The number of fused-ring (bicyclic) bond motifs is 4. The fourth-order valence-electron chi connectivity index (χ4n) is 3.69. The molecule has 2 aromatic carbocycles. The predicted molar refractivity (Wildman–Crippen MR) is 98.1 cm³/mol. The molecular formula is C21H22N2O3. The van der Waals surface area contributed by atoms with Gasteiger partial charge in [0, 0.05) is 0 Å². The average molecular weight is 350 g/mol. The highest BCUT2D eigenvalue weighted by molar-refractivity contribution is 5.78. The van der Waals surface area contributed by atoms with Crippen molar-refractivity contribution in [2.24, 2.45) is 0 Å². The van der Waals surface area contributed by atoms with E-state index in [-0.39, 0.29) is 18.1 Å². The number of carbonyl (C=O) groups is 1. The molecule has 2 aliphatic heterocycles. The smallest absolute Gasteiger partial charge is 0.345 e. The van der Waals surface area contributed by atoms with E-state index in [0.717, 1.165) is 16.7 Å². The Morgan fingerprint density at radius 3 is 2.58 bits per heavy atom. The third-order valence-corrected chi connectivity index (χ3v) is 4.90. The van der Waals surface area contributed by atoms with Gasteiger partial charge in [-0.2, -0.15) is 5.06 Å². The minimum Gasteiger partial charge on any atom is -0.374 e. The number of amides is 2. The molecule has 0 aliphatic carbocycles. The van der Waals surface area contributed by atoms with Crippen molar-refractivity contribution in [3.63, 3.8) is 0 Å². The highest BCUT2D eigenvalue weighted by Gasteiger charge is 2.48. The molecule has 5 heteroatoms. The lowest BCUT2D eigenvalue weighted by Gasteiger charge is -2.32. The Labute approximate surface area is 153 Å². The molecule has 2 aromatic rings. The molecule has 4 rings (SSSR count). The second kappa shape index (κ2) is 7.32. The molecule has 0 radical (unpaired) electrons. The number of urea groups is 1. The number of nitrogens with zero attached hydrogens (tertiary/aromatic N) is 2. The quantitative estimate of drug-likeness (QED) is 0.712. The highest BCUT2D eigenvalue weighted by atomic mass is 16.7. The molecule has 1 fully saturated rings. The standard InChI is InChI=1S/C21H22N2O3/c1-2-12-26-23-19-13-22(21(23)24)20(18-11-7-6-10-17(18)19)15-25-14-16-8-4-3-5-9-16/h2-11,19-20H,1,12-15H2. The first-order valence-corrected chi connectivity index (χ1v) is 8.83. The summed E-state index contributed by atoms with van der Waals surface area (Å²) in [6.07, 6.45) is 1.65. The molecular weight excluding hydrogens is 328 g/mol. The third-order valence-electron chi connectivity index (χ3n) is 4.90. The number of rotatable bonds is 7. The zero-order chi connectivity index (χ0) is 17.9. The minimum absolute atomic E-state index is 0.0796. The Morgan fingerprint density at radius 2 is 1.81 bits per heavy atom. The summed E-state index contributed by atoms with van der Waals surface area (Å²) in [4.78, 5) is 20.3. The molecule has 1 saturated heterocycles. The lowest BCUT2D eigenvalue weighted by atomic mass is 9.91. The number of hydrogen-bond donors (Lipinski definition) is 0. The summed E-state index contributed by atoms with van der Waals surface area (Å²) in [5, 5.41) is 1.48. The van der Waals surface area contributed by atoms with Crippen molar-refractivity contribution in [1.82, 2.24) is 9.96 Å². The molecule has 2 aliphatic rings. The van der Waals surface area contributed by atoms with Crippen LogP contribution in [0, 0.1) is 0 Å². The van der Waals surface area contributed by atoms with Gasteiger partial charge in [-0.25, -0.2) is 4.79 Å². The Hall–Kier alpha value is -2.63. The van der Waals surface area contributed by atoms with Crippen LogP contribution < -0.4 is 0 Å². The van der Waals surface area contributed by atoms with E-state index in [0.29, 0.717) is 26.4 Å². The van der Waals surface area contributed by atoms with E-state index in [9.17, 15) is 4.79 Å². The van der Waals surface area contributed by atoms with Gasteiger partial charge >= 0.3 is 6.03 Å². The van der Waals surface area contributed by atoms with Crippen LogP contribution in [-0.4, -0.2) is 35.8 Å². The van der Waals surface area contributed by atoms with Gasteiger partial charge < -0.3 is 9.64 Å². The Balaban J connectivity index is 1.54. The van der Waals surface area contributed by atoms with Crippen LogP contribution in [0.25, 0.3) is 0 Å². The number of ether oxygens (including phenoxy) is 1. The maximum Gasteiger partial charge on any atom is 0.345 e. The fourth-order valence-corrected chi connectivity index (χ4v) is 3.69. The van der Waals surface area contributed by atoms with Crippen molar-refractivity contribution in [3.8, 4) is 0 Å². The Kier molecular flexibility index (Phi) is 4.73. The Morgan fingerprint density at radius 1 is 1.08 bits per heavy atom. The van der Waals surface area contributed by atoms with Gasteiger partial charge in [0.25, 0.3) is 0 Å². The van der Waals surface area contributed by atoms with Crippen LogP contribution in [0.4, 0.5) is 4.79 Å². The van der Waals surface area contributed by atoms with Gasteiger partial charge in [-0.3, -0.25) is 4.84 Å². The zero-order valence-corrected chi connectivity index (χ0v) is 14.6. The molecule has 2 amide bonds. The zero-order valence-electron chi connectivity index (χ0n) is 14.6. The number of hydroxylamine groups is 2. The van der Waals surface area contributed by atoms with Gasteiger partial charge in [0.15, 0.2) is 0 Å². The molecule has 134 valence electrons. The van der Waals surface area contributed by atoms with Crippen molar-refractivity contribution in [1.29, 1.82) is 0 Å². The molecule has 2 heterocycles. The topological polar surface area (TPSA) is 42.0 Å². The van der Waals surface area contributed by atoms with Crippen LogP contribution in [0.2, 0.25) is 0 Å². The summed E-state index contributed by atoms with van der Waals surface area (Å²) in [7, 11) is 0. The summed E-state index contributed by atoms with van der Waals surface area (Å²) in [5.41, 5.74) is 3.39. The molecule has 2 bridgehead atoms. The maximum absolute atomic E-state index is 12.8. The number of hydrogen-bond acceptors (Lipinski definition) is 3. The average Bonchev–Trinajstić information content (AvgIpc) is 2.97. The highest BCUT2D eigenvalue weighted by Crippen LogP contribution is 2.43. The van der Waals surface area contributed by atoms with Crippen LogP contribution in [0.15, 0.2) is 67.3 Å². The summed E-state index contributed by atoms with van der Waals surface area (Å²) in [6, 6.07) is 17.9. The Bertz CT molecular complexity index is 793. The second-order valence-electron chi connectivity index (χ2n) is 6.51. The lowest BCUT2D eigenvalue weighted by molar-refractivity contribution is -0.118. The van der Waals surface area contributed by atoms with Gasteiger partial charge in [-0.15, -0.1) is 6.58 Å². The molecule has 0 saturated carbocycles. The minimum atomic E-state index is -0.110. The number of benzene rings is 2. The van der Waals surface area contributed by atoms with E-state index in [1.165, 1.54) is 5.06 Å². The van der Waals surface area contributed by atoms with Crippen LogP contribution in [-0.2, 0) is 16.2 Å².